The molecule has 0 atom stereocenters. The number of aliphatic imine (C=N–C) groups is 1. The molecule has 3 rings (SSSR count). The Bertz CT molecular complexity index is 507. The molecule has 1 aromatic rings. The van der Waals surface area contributed by atoms with Gasteiger partial charge in [0.1, 0.15) is 5.82 Å². The summed E-state index contributed by atoms with van der Waals surface area (Å²) >= 11 is 0. The van der Waals surface area contributed by atoms with Crippen LogP contribution in [-0.4, -0.2) is 19.0 Å². The van der Waals surface area contributed by atoms with Crippen LogP contribution in [0.2, 0.25) is 0 Å². The second-order valence-corrected chi connectivity index (χ2v) is 6.52. The molecule has 1 aromatic carbocycles. The maximum Gasteiger partial charge on any atom is 0.188 e. The van der Waals surface area contributed by atoms with E-state index in [2.05, 4.69) is 10.3 Å². The fourth-order valence-electron chi connectivity index (χ4n) is 3.18. The van der Waals surface area contributed by atoms with Gasteiger partial charge in [-0.05, 0) is 49.3 Å². The molecule has 5 heteroatoms. The SMILES string of the molecule is I.NC(=NCC1(c2ccc(F)cc2)CCC1)NCC1CCC1. The van der Waals surface area contributed by atoms with Crippen molar-refractivity contribution in [2.75, 3.05) is 13.1 Å². The fraction of sp³-hybridized carbons (Fsp3) is 0.588. The van der Waals surface area contributed by atoms with Gasteiger partial charge in [-0.15, -0.1) is 24.0 Å². The number of hydrogen-bond donors (Lipinski definition) is 2. The van der Waals surface area contributed by atoms with E-state index in [1.807, 2.05) is 12.1 Å². The first kappa shape index (κ1) is 17.5. The summed E-state index contributed by atoms with van der Waals surface area (Å²) in [6, 6.07) is 6.86. The highest BCUT2D eigenvalue weighted by Crippen LogP contribution is 2.44. The van der Waals surface area contributed by atoms with Crippen molar-refractivity contribution in [1.82, 2.24) is 5.32 Å². The van der Waals surface area contributed by atoms with Crippen molar-refractivity contribution < 1.29 is 4.39 Å². The van der Waals surface area contributed by atoms with Crippen molar-refractivity contribution in [1.29, 1.82) is 0 Å². The lowest BCUT2D eigenvalue weighted by Gasteiger charge is -2.41. The van der Waals surface area contributed by atoms with Crippen LogP contribution in [0.5, 0.6) is 0 Å². The van der Waals surface area contributed by atoms with Gasteiger partial charge in [0.2, 0.25) is 0 Å². The van der Waals surface area contributed by atoms with Crippen LogP contribution in [0.1, 0.15) is 44.1 Å². The van der Waals surface area contributed by atoms with E-state index in [-0.39, 0.29) is 35.2 Å². The third kappa shape index (κ3) is 3.91. The minimum absolute atomic E-state index is 0. The van der Waals surface area contributed by atoms with Crippen LogP contribution in [0.25, 0.3) is 0 Å². The summed E-state index contributed by atoms with van der Waals surface area (Å²) in [7, 11) is 0. The number of halogens is 2. The first-order chi connectivity index (χ1) is 10.2. The summed E-state index contributed by atoms with van der Waals surface area (Å²) in [5.41, 5.74) is 7.22. The monoisotopic (exact) mass is 417 g/mol. The normalized spacial score (nSPS) is 20.5. The summed E-state index contributed by atoms with van der Waals surface area (Å²) in [6.07, 6.45) is 7.38. The van der Waals surface area contributed by atoms with Gasteiger partial charge in [-0.25, -0.2) is 4.39 Å². The van der Waals surface area contributed by atoms with Crippen LogP contribution in [0, 0.1) is 11.7 Å². The number of hydrogen-bond acceptors (Lipinski definition) is 1. The molecule has 2 aliphatic rings. The van der Waals surface area contributed by atoms with E-state index in [1.54, 1.807) is 0 Å². The maximum absolute atomic E-state index is 13.1. The number of nitrogens with two attached hydrogens (primary N) is 1. The van der Waals surface area contributed by atoms with Gasteiger partial charge in [-0.2, -0.15) is 0 Å². The average molecular weight is 417 g/mol. The Morgan fingerprint density at radius 2 is 1.91 bits per heavy atom. The van der Waals surface area contributed by atoms with Crippen molar-refractivity contribution in [2.24, 2.45) is 16.6 Å². The molecule has 0 aliphatic heterocycles. The first-order valence-electron chi connectivity index (χ1n) is 7.98. The van der Waals surface area contributed by atoms with Gasteiger partial charge < -0.3 is 11.1 Å². The Morgan fingerprint density at radius 1 is 1.23 bits per heavy atom. The Hall–Kier alpha value is -0.850. The molecule has 3 nitrogen and oxygen atoms in total. The highest BCUT2D eigenvalue weighted by molar-refractivity contribution is 14.0. The molecule has 0 spiro atoms. The van der Waals surface area contributed by atoms with Crippen molar-refractivity contribution in [2.45, 2.75) is 43.9 Å². The third-order valence-corrected chi connectivity index (χ3v) is 5.12. The third-order valence-electron chi connectivity index (χ3n) is 5.12. The minimum Gasteiger partial charge on any atom is -0.370 e. The van der Waals surface area contributed by atoms with Crippen molar-refractivity contribution in [3.63, 3.8) is 0 Å². The number of guanidine groups is 1. The van der Waals surface area contributed by atoms with Gasteiger partial charge in [-0.1, -0.05) is 25.0 Å². The highest BCUT2D eigenvalue weighted by Gasteiger charge is 2.38. The standard InChI is InChI=1S/C17H24FN3.HI/c18-15-7-5-14(6-8-15)17(9-2-10-17)12-21-16(19)20-11-13-3-1-4-13;/h5-8,13H,1-4,9-12H2,(H3,19,20,21);1H. The Balaban J connectivity index is 0.00000176. The van der Waals surface area contributed by atoms with Crippen molar-refractivity contribution >= 4 is 29.9 Å². The largest absolute Gasteiger partial charge is 0.370 e. The molecule has 0 radical (unpaired) electrons. The summed E-state index contributed by atoms with van der Waals surface area (Å²) in [5, 5.41) is 3.23. The quantitative estimate of drug-likeness (QED) is 0.437. The summed E-state index contributed by atoms with van der Waals surface area (Å²) < 4.78 is 13.1. The summed E-state index contributed by atoms with van der Waals surface area (Å²) in [6.45, 7) is 1.64. The van der Waals surface area contributed by atoms with Crippen LogP contribution >= 0.6 is 24.0 Å². The zero-order valence-electron chi connectivity index (χ0n) is 12.9. The molecule has 3 N–H and O–H groups in total. The molecule has 2 fully saturated rings. The number of nitrogens with one attached hydrogen (secondary N) is 1. The fourth-order valence-corrected chi connectivity index (χ4v) is 3.18. The molecule has 0 unspecified atom stereocenters. The predicted molar refractivity (Wildman–Crippen MR) is 99.2 cm³/mol. The number of nitrogens with zero attached hydrogens (tertiary/aromatic N) is 1. The van der Waals surface area contributed by atoms with Gasteiger partial charge in [-0.3, -0.25) is 4.99 Å². The zero-order chi connectivity index (χ0) is 14.7. The highest BCUT2D eigenvalue weighted by atomic mass is 127. The molecular formula is C17H25FIN3. The van der Waals surface area contributed by atoms with E-state index in [9.17, 15) is 4.39 Å². The first-order valence-corrected chi connectivity index (χ1v) is 7.98. The second-order valence-electron chi connectivity index (χ2n) is 6.52. The lowest BCUT2D eigenvalue weighted by atomic mass is 9.64. The maximum atomic E-state index is 13.1. The molecule has 0 bridgehead atoms. The Labute approximate surface area is 149 Å². The molecular weight excluding hydrogens is 392 g/mol. The van der Waals surface area contributed by atoms with Gasteiger partial charge in [0.05, 0.1) is 6.54 Å². The zero-order valence-corrected chi connectivity index (χ0v) is 15.2. The van der Waals surface area contributed by atoms with Crippen LogP contribution in [0.4, 0.5) is 4.39 Å². The molecule has 2 aliphatic carbocycles. The molecule has 0 heterocycles. The molecule has 122 valence electrons. The van der Waals surface area contributed by atoms with Gasteiger partial charge in [0.15, 0.2) is 5.96 Å². The van der Waals surface area contributed by atoms with E-state index in [1.165, 1.54) is 43.4 Å². The Morgan fingerprint density at radius 3 is 2.41 bits per heavy atom. The Kier molecular flexibility index (Phi) is 6.06. The minimum atomic E-state index is -0.182. The molecule has 0 aromatic heterocycles. The van der Waals surface area contributed by atoms with Gasteiger partial charge in [0, 0.05) is 12.0 Å². The number of rotatable bonds is 5. The molecule has 2 saturated carbocycles. The van der Waals surface area contributed by atoms with E-state index >= 15 is 0 Å². The van der Waals surface area contributed by atoms with E-state index in [4.69, 9.17) is 5.73 Å². The second kappa shape index (κ2) is 7.62. The molecule has 22 heavy (non-hydrogen) atoms. The summed E-state index contributed by atoms with van der Waals surface area (Å²) in [5.74, 6) is 1.14. The van der Waals surface area contributed by atoms with E-state index < -0.39 is 0 Å². The van der Waals surface area contributed by atoms with Gasteiger partial charge >= 0.3 is 0 Å². The molecule has 0 amide bonds. The van der Waals surface area contributed by atoms with Crippen LogP contribution in [-0.2, 0) is 5.41 Å². The predicted octanol–water partition coefficient (Wildman–Crippen LogP) is 3.57. The topological polar surface area (TPSA) is 50.4 Å². The smallest absolute Gasteiger partial charge is 0.188 e. The van der Waals surface area contributed by atoms with Gasteiger partial charge in [0.25, 0.3) is 0 Å². The van der Waals surface area contributed by atoms with Crippen molar-refractivity contribution in [3.05, 3.63) is 35.6 Å². The van der Waals surface area contributed by atoms with Crippen LogP contribution < -0.4 is 11.1 Å². The summed E-state index contributed by atoms with van der Waals surface area (Å²) in [4.78, 5) is 4.54. The number of benzene rings is 1. The van der Waals surface area contributed by atoms with Crippen molar-refractivity contribution in [3.8, 4) is 0 Å². The van der Waals surface area contributed by atoms with Crippen LogP contribution in [0.3, 0.4) is 0 Å². The average Bonchev–Trinajstić information content (AvgIpc) is 2.37. The lowest BCUT2D eigenvalue weighted by molar-refractivity contribution is 0.253. The van der Waals surface area contributed by atoms with Crippen LogP contribution in [0.15, 0.2) is 29.3 Å². The molecule has 0 saturated heterocycles. The van der Waals surface area contributed by atoms with E-state index in [0.29, 0.717) is 12.5 Å². The van der Waals surface area contributed by atoms with E-state index in [0.717, 1.165) is 25.3 Å². The lowest BCUT2D eigenvalue weighted by Crippen LogP contribution is -2.41.